The zero-order valence-corrected chi connectivity index (χ0v) is 15.2. The number of benzene rings is 1. The summed E-state index contributed by atoms with van der Waals surface area (Å²) in [5, 5.41) is 2.71. The van der Waals surface area contributed by atoms with Gasteiger partial charge in [-0.05, 0) is 36.6 Å². The lowest BCUT2D eigenvalue weighted by Crippen LogP contribution is -2.51. The Hall–Kier alpha value is -1.56. The fourth-order valence-electron chi connectivity index (χ4n) is 2.80. The third-order valence-corrected chi connectivity index (χ3v) is 5.20. The van der Waals surface area contributed by atoms with Crippen LogP contribution in [0.1, 0.15) is 11.8 Å². The fraction of sp³-hybridized carbons (Fsp3) is 0.389. The second-order valence-electron chi connectivity index (χ2n) is 5.90. The second-order valence-corrected chi connectivity index (χ2v) is 7.37. The van der Waals surface area contributed by atoms with Crippen LogP contribution in [0.5, 0.6) is 5.75 Å². The molecular formula is C18H21ClN2O2S. The van der Waals surface area contributed by atoms with Gasteiger partial charge in [0.1, 0.15) is 5.75 Å². The van der Waals surface area contributed by atoms with Crippen LogP contribution in [0, 0.1) is 0 Å². The van der Waals surface area contributed by atoms with E-state index in [-0.39, 0.29) is 5.91 Å². The lowest BCUT2D eigenvalue weighted by atomic mass is 10.2. The Morgan fingerprint density at radius 2 is 2.04 bits per heavy atom. The summed E-state index contributed by atoms with van der Waals surface area (Å²) >= 11 is 7.73. The zero-order valence-electron chi connectivity index (χ0n) is 13.7. The van der Waals surface area contributed by atoms with Gasteiger partial charge in [0.05, 0.1) is 0 Å². The SMILES string of the molecule is CC(Oc1cccc(Cl)c1)C(=O)N1CCN(Cc2cccs2)CC1. The van der Waals surface area contributed by atoms with Gasteiger partial charge in [0.15, 0.2) is 6.10 Å². The van der Waals surface area contributed by atoms with E-state index in [2.05, 4.69) is 22.4 Å². The first-order valence-corrected chi connectivity index (χ1v) is 9.33. The van der Waals surface area contributed by atoms with Crippen molar-refractivity contribution in [3.8, 4) is 5.75 Å². The molecule has 2 aromatic rings. The normalized spacial score (nSPS) is 16.8. The molecule has 1 aliphatic rings. The van der Waals surface area contributed by atoms with Crippen LogP contribution in [0.4, 0.5) is 0 Å². The summed E-state index contributed by atoms with van der Waals surface area (Å²) in [5.41, 5.74) is 0. The molecule has 2 heterocycles. The molecule has 3 rings (SSSR count). The summed E-state index contributed by atoms with van der Waals surface area (Å²) in [5.74, 6) is 0.658. The highest BCUT2D eigenvalue weighted by Crippen LogP contribution is 2.19. The van der Waals surface area contributed by atoms with Crippen LogP contribution in [-0.4, -0.2) is 48.0 Å². The molecular weight excluding hydrogens is 344 g/mol. The molecule has 1 saturated heterocycles. The van der Waals surface area contributed by atoms with E-state index >= 15 is 0 Å². The number of carbonyl (C=O) groups excluding carboxylic acids is 1. The van der Waals surface area contributed by atoms with Crippen LogP contribution in [0.2, 0.25) is 5.02 Å². The predicted molar refractivity (Wildman–Crippen MR) is 97.7 cm³/mol. The molecule has 128 valence electrons. The van der Waals surface area contributed by atoms with Gasteiger partial charge < -0.3 is 9.64 Å². The van der Waals surface area contributed by atoms with Crippen molar-refractivity contribution < 1.29 is 9.53 Å². The van der Waals surface area contributed by atoms with Crippen molar-refractivity contribution in [2.24, 2.45) is 0 Å². The standard InChI is InChI=1S/C18H21ClN2O2S/c1-14(23-16-5-2-4-15(19)12-16)18(22)21-9-7-20(8-10-21)13-17-6-3-11-24-17/h2-6,11-12,14H,7-10,13H2,1H3. The number of carbonyl (C=O) groups is 1. The predicted octanol–water partition coefficient (Wildman–Crippen LogP) is 3.51. The average Bonchev–Trinajstić information content (AvgIpc) is 3.08. The zero-order chi connectivity index (χ0) is 16.9. The van der Waals surface area contributed by atoms with E-state index in [4.69, 9.17) is 16.3 Å². The molecule has 24 heavy (non-hydrogen) atoms. The Labute approximate surface area is 151 Å². The molecule has 1 aliphatic heterocycles. The molecule has 0 bridgehead atoms. The third-order valence-electron chi connectivity index (χ3n) is 4.10. The number of amides is 1. The lowest BCUT2D eigenvalue weighted by molar-refractivity contribution is -0.139. The molecule has 1 amide bonds. The third kappa shape index (κ3) is 4.50. The Kier molecular flexibility index (Phi) is 5.76. The number of rotatable bonds is 5. The van der Waals surface area contributed by atoms with Crippen molar-refractivity contribution in [2.75, 3.05) is 26.2 Å². The Morgan fingerprint density at radius 3 is 2.71 bits per heavy atom. The first kappa shape index (κ1) is 17.3. The highest BCUT2D eigenvalue weighted by atomic mass is 35.5. The number of nitrogens with zero attached hydrogens (tertiary/aromatic N) is 2. The summed E-state index contributed by atoms with van der Waals surface area (Å²) in [6.07, 6.45) is -0.507. The van der Waals surface area contributed by atoms with Crippen molar-refractivity contribution in [3.05, 3.63) is 51.7 Å². The van der Waals surface area contributed by atoms with Gasteiger partial charge in [-0.15, -0.1) is 11.3 Å². The number of ether oxygens (including phenoxy) is 1. The number of hydrogen-bond acceptors (Lipinski definition) is 4. The molecule has 0 radical (unpaired) electrons. The Balaban J connectivity index is 1.49. The fourth-order valence-corrected chi connectivity index (χ4v) is 3.73. The van der Waals surface area contributed by atoms with E-state index in [1.54, 1.807) is 30.4 Å². The van der Waals surface area contributed by atoms with Crippen molar-refractivity contribution in [3.63, 3.8) is 0 Å². The van der Waals surface area contributed by atoms with E-state index in [9.17, 15) is 4.79 Å². The maximum Gasteiger partial charge on any atom is 0.263 e. The number of halogens is 1. The number of hydrogen-bond donors (Lipinski definition) is 0. The first-order valence-electron chi connectivity index (χ1n) is 8.07. The maximum absolute atomic E-state index is 12.6. The van der Waals surface area contributed by atoms with Crippen LogP contribution in [0.25, 0.3) is 0 Å². The van der Waals surface area contributed by atoms with Crippen LogP contribution in [0.15, 0.2) is 41.8 Å². The summed E-state index contributed by atoms with van der Waals surface area (Å²) < 4.78 is 5.73. The van der Waals surface area contributed by atoms with Gasteiger partial charge in [0.2, 0.25) is 0 Å². The Bertz CT molecular complexity index is 669. The molecule has 6 heteroatoms. The number of thiophene rings is 1. The van der Waals surface area contributed by atoms with E-state index in [1.165, 1.54) is 4.88 Å². The molecule has 1 fully saturated rings. The maximum atomic E-state index is 12.6. The summed E-state index contributed by atoms with van der Waals surface area (Å²) in [6.45, 7) is 6.04. The topological polar surface area (TPSA) is 32.8 Å². The monoisotopic (exact) mass is 364 g/mol. The minimum atomic E-state index is -0.507. The van der Waals surface area contributed by atoms with Gasteiger partial charge in [0.25, 0.3) is 5.91 Å². The van der Waals surface area contributed by atoms with Crippen LogP contribution >= 0.6 is 22.9 Å². The highest BCUT2D eigenvalue weighted by molar-refractivity contribution is 7.09. The molecule has 0 spiro atoms. The second kappa shape index (κ2) is 8.01. The van der Waals surface area contributed by atoms with Gasteiger partial charge in [-0.2, -0.15) is 0 Å². The lowest BCUT2D eigenvalue weighted by Gasteiger charge is -2.35. The van der Waals surface area contributed by atoms with Gasteiger partial charge in [-0.3, -0.25) is 9.69 Å². The molecule has 0 N–H and O–H groups in total. The summed E-state index contributed by atoms with van der Waals surface area (Å²) in [6, 6.07) is 11.4. The van der Waals surface area contributed by atoms with Crippen LogP contribution < -0.4 is 4.74 Å². The number of piperazine rings is 1. The highest BCUT2D eigenvalue weighted by Gasteiger charge is 2.26. The first-order chi connectivity index (χ1) is 11.6. The molecule has 1 unspecified atom stereocenters. The largest absolute Gasteiger partial charge is 0.481 e. The summed E-state index contributed by atoms with van der Waals surface area (Å²) in [4.78, 5) is 18.2. The van der Waals surface area contributed by atoms with Crippen LogP contribution in [0.3, 0.4) is 0 Å². The minimum Gasteiger partial charge on any atom is -0.481 e. The molecule has 1 aromatic heterocycles. The molecule has 0 aliphatic carbocycles. The molecule has 1 aromatic carbocycles. The van der Waals surface area contributed by atoms with E-state index < -0.39 is 6.10 Å². The van der Waals surface area contributed by atoms with E-state index in [0.29, 0.717) is 10.8 Å². The van der Waals surface area contributed by atoms with Crippen molar-refractivity contribution >= 4 is 28.8 Å². The quantitative estimate of drug-likeness (QED) is 0.813. The Morgan fingerprint density at radius 1 is 1.25 bits per heavy atom. The van der Waals surface area contributed by atoms with E-state index in [1.807, 2.05) is 17.0 Å². The van der Waals surface area contributed by atoms with Crippen molar-refractivity contribution in [2.45, 2.75) is 19.6 Å². The van der Waals surface area contributed by atoms with Gasteiger partial charge >= 0.3 is 0 Å². The molecule has 4 nitrogen and oxygen atoms in total. The smallest absolute Gasteiger partial charge is 0.263 e. The van der Waals surface area contributed by atoms with Gasteiger partial charge in [-0.25, -0.2) is 0 Å². The average molecular weight is 365 g/mol. The van der Waals surface area contributed by atoms with Crippen molar-refractivity contribution in [1.29, 1.82) is 0 Å². The molecule has 1 atom stereocenters. The van der Waals surface area contributed by atoms with Gasteiger partial charge in [0, 0.05) is 42.6 Å². The van der Waals surface area contributed by atoms with Crippen LogP contribution in [-0.2, 0) is 11.3 Å². The van der Waals surface area contributed by atoms with Crippen molar-refractivity contribution in [1.82, 2.24) is 9.80 Å². The minimum absolute atomic E-state index is 0.0331. The van der Waals surface area contributed by atoms with Gasteiger partial charge in [-0.1, -0.05) is 23.7 Å². The van der Waals surface area contributed by atoms with E-state index in [0.717, 1.165) is 32.7 Å². The summed E-state index contributed by atoms with van der Waals surface area (Å²) in [7, 11) is 0. The molecule has 0 saturated carbocycles.